The summed E-state index contributed by atoms with van der Waals surface area (Å²) < 4.78 is 1.48. The number of halogens is 1. The molecule has 25 heavy (non-hydrogen) atoms. The van der Waals surface area contributed by atoms with Gasteiger partial charge < -0.3 is 0 Å². The van der Waals surface area contributed by atoms with Crippen molar-refractivity contribution in [2.24, 2.45) is 0 Å². The summed E-state index contributed by atoms with van der Waals surface area (Å²) in [6.07, 6.45) is 3.47. The zero-order chi connectivity index (χ0) is 17.2. The van der Waals surface area contributed by atoms with Crippen LogP contribution in [-0.4, -0.2) is 14.8 Å². The molecule has 4 aromatic rings. The van der Waals surface area contributed by atoms with Crippen molar-refractivity contribution in [1.82, 2.24) is 14.8 Å². The minimum Gasteiger partial charge on any atom is -0.267 e. The lowest BCUT2D eigenvalue weighted by molar-refractivity contribution is 0.651. The topological polar surface area (TPSA) is 47.8 Å². The van der Waals surface area contributed by atoms with E-state index >= 15 is 0 Å². The second-order valence-electron chi connectivity index (χ2n) is 5.73. The Balaban J connectivity index is 1.93. The lowest BCUT2D eigenvalue weighted by Gasteiger charge is -2.11. The number of pyridine rings is 1. The quantitative estimate of drug-likeness (QED) is 0.559. The summed E-state index contributed by atoms with van der Waals surface area (Å²) in [7, 11) is 0. The maximum atomic E-state index is 12.9. The van der Waals surface area contributed by atoms with Crippen LogP contribution in [0.5, 0.6) is 0 Å². The minimum absolute atomic E-state index is 0.122. The molecule has 4 nitrogen and oxygen atoms in total. The molecule has 0 aliphatic rings. The number of nitrogens with zero attached hydrogens (tertiary/aromatic N) is 3. The summed E-state index contributed by atoms with van der Waals surface area (Å²) in [5, 5.41) is 6.71. The van der Waals surface area contributed by atoms with Crippen LogP contribution in [0.2, 0.25) is 5.02 Å². The maximum absolute atomic E-state index is 12.9. The smallest absolute Gasteiger partial charge is 0.267 e. The number of fused-ring (bicyclic) bond motifs is 1. The number of benzene rings is 2. The molecule has 122 valence electrons. The van der Waals surface area contributed by atoms with E-state index in [9.17, 15) is 4.79 Å². The number of hydrogen-bond donors (Lipinski definition) is 0. The molecule has 5 heteroatoms. The largest absolute Gasteiger partial charge is 0.274 e. The lowest BCUT2D eigenvalue weighted by atomic mass is 10.1. The molecule has 0 bridgehead atoms. The van der Waals surface area contributed by atoms with Crippen LogP contribution >= 0.6 is 11.6 Å². The fraction of sp³-hybridized carbons (Fsp3) is 0.0500. The van der Waals surface area contributed by atoms with Crippen LogP contribution in [0.25, 0.3) is 22.0 Å². The fourth-order valence-electron chi connectivity index (χ4n) is 2.87. The molecule has 0 N–H and O–H groups in total. The van der Waals surface area contributed by atoms with Gasteiger partial charge in [-0.25, -0.2) is 4.68 Å². The normalized spacial score (nSPS) is 10.9. The zero-order valence-electron chi connectivity index (χ0n) is 13.3. The van der Waals surface area contributed by atoms with Gasteiger partial charge in [0.05, 0.1) is 11.9 Å². The number of aromatic nitrogens is 3. The Morgan fingerprint density at radius 2 is 1.80 bits per heavy atom. The van der Waals surface area contributed by atoms with Crippen molar-refractivity contribution in [2.45, 2.75) is 6.54 Å². The minimum atomic E-state index is -0.122. The predicted molar refractivity (Wildman–Crippen MR) is 99.8 cm³/mol. The Morgan fingerprint density at radius 3 is 2.56 bits per heavy atom. The van der Waals surface area contributed by atoms with Crippen molar-refractivity contribution in [3.05, 3.63) is 94.0 Å². The molecule has 0 saturated carbocycles. The Labute approximate surface area is 149 Å². The second-order valence-corrected chi connectivity index (χ2v) is 6.17. The first kappa shape index (κ1) is 15.5. The van der Waals surface area contributed by atoms with Crippen LogP contribution in [0.4, 0.5) is 0 Å². The molecule has 2 aromatic heterocycles. The summed E-state index contributed by atoms with van der Waals surface area (Å²) in [6, 6.07) is 18.8. The highest BCUT2D eigenvalue weighted by Gasteiger charge is 2.12. The Hall–Kier alpha value is -2.98. The highest BCUT2D eigenvalue weighted by atomic mass is 35.5. The SMILES string of the molecule is O=c1c2ccccc2c(-c2cccnc2)nn1Cc1cccc(Cl)c1. The molecule has 0 spiro atoms. The molecule has 0 radical (unpaired) electrons. The van der Waals surface area contributed by atoms with E-state index in [2.05, 4.69) is 10.1 Å². The van der Waals surface area contributed by atoms with Crippen LogP contribution in [0.3, 0.4) is 0 Å². The van der Waals surface area contributed by atoms with Crippen LogP contribution in [-0.2, 0) is 6.54 Å². The van der Waals surface area contributed by atoms with E-state index in [1.54, 1.807) is 12.4 Å². The fourth-order valence-corrected chi connectivity index (χ4v) is 3.08. The van der Waals surface area contributed by atoms with Crippen molar-refractivity contribution >= 4 is 22.4 Å². The van der Waals surface area contributed by atoms with E-state index in [4.69, 9.17) is 11.6 Å². The first-order valence-corrected chi connectivity index (χ1v) is 8.25. The van der Waals surface area contributed by atoms with Gasteiger partial charge in [0, 0.05) is 28.4 Å². The van der Waals surface area contributed by atoms with Gasteiger partial charge in [-0.3, -0.25) is 9.78 Å². The van der Waals surface area contributed by atoms with Crippen molar-refractivity contribution in [2.75, 3.05) is 0 Å². The number of rotatable bonds is 3. The molecule has 2 heterocycles. The summed E-state index contributed by atoms with van der Waals surface area (Å²) >= 11 is 6.06. The van der Waals surface area contributed by atoms with Crippen LogP contribution in [0.1, 0.15) is 5.56 Å². The summed E-state index contributed by atoms with van der Waals surface area (Å²) in [5.74, 6) is 0. The molecule has 0 atom stereocenters. The van der Waals surface area contributed by atoms with Crippen LogP contribution < -0.4 is 5.56 Å². The summed E-state index contributed by atoms with van der Waals surface area (Å²) in [4.78, 5) is 17.0. The molecular formula is C20H14ClN3O. The molecule has 0 saturated heterocycles. The summed E-state index contributed by atoms with van der Waals surface area (Å²) in [5.41, 5.74) is 2.42. The van der Waals surface area contributed by atoms with Crippen molar-refractivity contribution in [1.29, 1.82) is 0 Å². The van der Waals surface area contributed by atoms with Gasteiger partial charge in [0.2, 0.25) is 0 Å². The van der Waals surface area contributed by atoms with E-state index in [1.165, 1.54) is 4.68 Å². The van der Waals surface area contributed by atoms with Crippen molar-refractivity contribution in [3.8, 4) is 11.3 Å². The average molecular weight is 348 g/mol. The molecule has 0 amide bonds. The molecule has 2 aromatic carbocycles. The first-order valence-electron chi connectivity index (χ1n) is 7.87. The van der Waals surface area contributed by atoms with Gasteiger partial charge in [-0.1, -0.05) is 41.9 Å². The third kappa shape index (κ3) is 3.04. The van der Waals surface area contributed by atoms with Gasteiger partial charge >= 0.3 is 0 Å². The molecule has 4 rings (SSSR count). The Kier molecular flexibility index (Phi) is 4.04. The molecular weight excluding hydrogens is 334 g/mol. The second kappa shape index (κ2) is 6.49. The van der Waals surface area contributed by atoms with E-state index in [1.807, 2.05) is 60.7 Å². The maximum Gasteiger partial charge on any atom is 0.274 e. The van der Waals surface area contributed by atoms with E-state index < -0.39 is 0 Å². The van der Waals surface area contributed by atoms with Gasteiger partial charge in [-0.15, -0.1) is 0 Å². The van der Waals surface area contributed by atoms with Gasteiger partial charge in [0.15, 0.2) is 0 Å². The van der Waals surface area contributed by atoms with E-state index in [-0.39, 0.29) is 5.56 Å². The van der Waals surface area contributed by atoms with Gasteiger partial charge in [-0.2, -0.15) is 5.10 Å². The Bertz CT molecular complexity index is 1110. The monoisotopic (exact) mass is 347 g/mol. The highest BCUT2D eigenvalue weighted by Crippen LogP contribution is 2.24. The first-order chi connectivity index (χ1) is 12.2. The van der Waals surface area contributed by atoms with Crippen LogP contribution in [0, 0.1) is 0 Å². The standard InChI is InChI=1S/C20H14ClN3O/c21-16-7-3-5-14(11-16)13-24-20(25)18-9-2-1-8-17(18)19(23-24)15-6-4-10-22-12-15/h1-12H,13H2. The zero-order valence-corrected chi connectivity index (χ0v) is 14.0. The molecule has 0 aliphatic heterocycles. The van der Waals surface area contributed by atoms with Gasteiger partial charge in [0.25, 0.3) is 5.56 Å². The van der Waals surface area contributed by atoms with E-state index in [0.29, 0.717) is 17.0 Å². The Morgan fingerprint density at radius 1 is 0.960 bits per heavy atom. The summed E-state index contributed by atoms with van der Waals surface area (Å²) in [6.45, 7) is 0.359. The highest BCUT2D eigenvalue weighted by molar-refractivity contribution is 6.30. The van der Waals surface area contributed by atoms with Crippen LogP contribution in [0.15, 0.2) is 77.9 Å². The third-order valence-corrected chi connectivity index (χ3v) is 4.26. The van der Waals surface area contributed by atoms with Gasteiger partial charge in [0.1, 0.15) is 5.69 Å². The van der Waals surface area contributed by atoms with Crippen molar-refractivity contribution < 1.29 is 0 Å². The predicted octanol–water partition coefficient (Wildman–Crippen LogP) is 4.16. The lowest BCUT2D eigenvalue weighted by Crippen LogP contribution is -2.24. The molecule has 0 fully saturated rings. The van der Waals surface area contributed by atoms with E-state index in [0.717, 1.165) is 22.2 Å². The van der Waals surface area contributed by atoms with Crippen molar-refractivity contribution in [3.63, 3.8) is 0 Å². The molecule has 0 aliphatic carbocycles. The van der Waals surface area contributed by atoms with Gasteiger partial charge in [-0.05, 0) is 35.9 Å². The number of hydrogen-bond acceptors (Lipinski definition) is 3. The average Bonchev–Trinajstić information content (AvgIpc) is 2.65. The molecule has 0 unspecified atom stereocenters. The third-order valence-electron chi connectivity index (χ3n) is 4.02.